The number of aromatic nitrogens is 1. The molecule has 1 aliphatic heterocycles. The summed E-state index contributed by atoms with van der Waals surface area (Å²) in [5.74, 6) is -0.0161. The highest BCUT2D eigenvalue weighted by Gasteiger charge is 2.21. The number of anilines is 1. The Morgan fingerprint density at radius 3 is 2.43 bits per heavy atom. The van der Waals surface area contributed by atoms with E-state index in [9.17, 15) is 4.79 Å². The van der Waals surface area contributed by atoms with Crippen molar-refractivity contribution in [2.45, 2.75) is 25.4 Å². The van der Waals surface area contributed by atoms with Gasteiger partial charge in [-0.2, -0.15) is 0 Å². The molecule has 1 aliphatic rings. The Hall–Kier alpha value is -2.40. The maximum Gasteiger partial charge on any atom is 0.251 e. The molecule has 2 heterocycles. The number of carbonyl (C=O) groups is 1. The molecular formula is C18H22N4O. The van der Waals surface area contributed by atoms with Crippen LogP contribution in [0.1, 0.15) is 28.8 Å². The topological polar surface area (TPSA) is 71.2 Å². The van der Waals surface area contributed by atoms with E-state index in [4.69, 9.17) is 5.73 Å². The van der Waals surface area contributed by atoms with Crippen LogP contribution < -0.4 is 11.1 Å². The highest BCUT2D eigenvalue weighted by Crippen LogP contribution is 2.14. The van der Waals surface area contributed by atoms with Crippen molar-refractivity contribution in [3.8, 4) is 0 Å². The Bertz CT molecular complexity index is 634. The quantitative estimate of drug-likeness (QED) is 0.848. The molecule has 0 radical (unpaired) electrons. The highest BCUT2D eigenvalue weighted by atomic mass is 16.1. The number of nitrogen functional groups attached to an aromatic ring is 1. The van der Waals surface area contributed by atoms with Crippen LogP contribution >= 0.6 is 0 Å². The molecule has 2 aromatic rings. The number of hydrogen-bond donors (Lipinski definition) is 2. The van der Waals surface area contributed by atoms with Gasteiger partial charge in [0, 0.05) is 49.3 Å². The fraction of sp³-hybridized carbons (Fsp3) is 0.333. The van der Waals surface area contributed by atoms with E-state index >= 15 is 0 Å². The first-order chi connectivity index (χ1) is 11.2. The molecule has 3 N–H and O–H groups in total. The van der Waals surface area contributed by atoms with Gasteiger partial charge in [0.2, 0.25) is 0 Å². The summed E-state index contributed by atoms with van der Waals surface area (Å²) in [4.78, 5) is 18.7. The number of rotatable bonds is 4. The van der Waals surface area contributed by atoms with Crippen LogP contribution in [-0.2, 0) is 6.54 Å². The van der Waals surface area contributed by atoms with Crippen molar-refractivity contribution in [2.75, 3.05) is 18.8 Å². The van der Waals surface area contributed by atoms with E-state index in [0.29, 0.717) is 11.3 Å². The molecule has 1 fully saturated rings. The molecule has 5 heteroatoms. The second-order valence-electron chi connectivity index (χ2n) is 6.00. The summed E-state index contributed by atoms with van der Waals surface area (Å²) in [6.07, 6.45) is 5.61. The van der Waals surface area contributed by atoms with E-state index in [0.717, 1.165) is 32.5 Å². The fourth-order valence-corrected chi connectivity index (χ4v) is 2.89. The van der Waals surface area contributed by atoms with Gasteiger partial charge in [0.05, 0.1) is 0 Å². The number of benzene rings is 1. The van der Waals surface area contributed by atoms with E-state index in [1.54, 1.807) is 24.3 Å². The van der Waals surface area contributed by atoms with Crippen LogP contribution in [0.3, 0.4) is 0 Å². The summed E-state index contributed by atoms with van der Waals surface area (Å²) in [6.45, 7) is 2.94. The molecule has 1 aromatic heterocycles. The summed E-state index contributed by atoms with van der Waals surface area (Å²) in [7, 11) is 0. The minimum absolute atomic E-state index is 0.0161. The van der Waals surface area contributed by atoms with Crippen molar-refractivity contribution < 1.29 is 4.79 Å². The number of hydrogen-bond acceptors (Lipinski definition) is 4. The smallest absolute Gasteiger partial charge is 0.251 e. The lowest BCUT2D eigenvalue weighted by Crippen LogP contribution is -2.44. The number of amides is 1. The molecule has 0 aliphatic carbocycles. The third-order valence-electron chi connectivity index (χ3n) is 4.25. The molecule has 0 bridgehead atoms. The summed E-state index contributed by atoms with van der Waals surface area (Å²) >= 11 is 0. The molecule has 120 valence electrons. The molecule has 1 amide bonds. The number of carbonyl (C=O) groups excluding carboxylic acids is 1. The Morgan fingerprint density at radius 1 is 1.13 bits per heavy atom. The SMILES string of the molecule is Nc1ccc(C(=O)NC2CCN(Cc3ccncc3)CC2)cc1. The van der Waals surface area contributed by atoms with Crippen molar-refractivity contribution in [1.29, 1.82) is 0 Å². The monoisotopic (exact) mass is 310 g/mol. The predicted octanol–water partition coefficient (Wildman–Crippen LogP) is 2.06. The highest BCUT2D eigenvalue weighted by molar-refractivity contribution is 5.94. The van der Waals surface area contributed by atoms with Crippen LogP contribution in [0.25, 0.3) is 0 Å². The summed E-state index contributed by atoms with van der Waals surface area (Å²) in [6, 6.07) is 11.4. The third kappa shape index (κ3) is 4.29. The van der Waals surface area contributed by atoms with Gasteiger partial charge in [-0.1, -0.05) is 0 Å². The fourth-order valence-electron chi connectivity index (χ4n) is 2.89. The number of nitrogens with one attached hydrogen (secondary N) is 1. The zero-order chi connectivity index (χ0) is 16.1. The zero-order valence-electron chi connectivity index (χ0n) is 13.1. The Morgan fingerprint density at radius 2 is 1.78 bits per heavy atom. The molecule has 0 spiro atoms. The van der Waals surface area contributed by atoms with Gasteiger partial charge in [-0.3, -0.25) is 14.7 Å². The number of piperidine rings is 1. The molecule has 0 unspecified atom stereocenters. The lowest BCUT2D eigenvalue weighted by molar-refractivity contribution is 0.0909. The number of nitrogens with two attached hydrogens (primary N) is 1. The second kappa shape index (κ2) is 7.24. The Labute approximate surface area is 136 Å². The summed E-state index contributed by atoms with van der Waals surface area (Å²) < 4.78 is 0. The van der Waals surface area contributed by atoms with E-state index in [1.807, 2.05) is 12.4 Å². The minimum atomic E-state index is -0.0161. The molecule has 0 atom stereocenters. The number of likely N-dealkylation sites (tertiary alicyclic amines) is 1. The second-order valence-corrected chi connectivity index (χ2v) is 6.00. The first kappa shape index (κ1) is 15.5. The van der Waals surface area contributed by atoms with Crippen molar-refractivity contribution in [1.82, 2.24) is 15.2 Å². The molecule has 0 saturated carbocycles. The minimum Gasteiger partial charge on any atom is -0.399 e. The molecule has 5 nitrogen and oxygen atoms in total. The van der Waals surface area contributed by atoms with Crippen LogP contribution in [0.4, 0.5) is 5.69 Å². The maximum absolute atomic E-state index is 12.2. The van der Waals surface area contributed by atoms with E-state index in [1.165, 1.54) is 5.56 Å². The molecule has 3 rings (SSSR count). The van der Waals surface area contributed by atoms with Crippen LogP contribution in [0.15, 0.2) is 48.8 Å². The molecule has 23 heavy (non-hydrogen) atoms. The van der Waals surface area contributed by atoms with Crippen LogP contribution in [0.5, 0.6) is 0 Å². The molecular weight excluding hydrogens is 288 g/mol. The average molecular weight is 310 g/mol. The van der Waals surface area contributed by atoms with Crippen LogP contribution in [0, 0.1) is 0 Å². The number of pyridine rings is 1. The average Bonchev–Trinajstić information content (AvgIpc) is 2.58. The van der Waals surface area contributed by atoms with E-state index < -0.39 is 0 Å². The van der Waals surface area contributed by atoms with E-state index in [-0.39, 0.29) is 11.9 Å². The third-order valence-corrected chi connectivity index (χ3v) is 4.25. The molecule has 1 saturated heterocycles. The standard InChI is InChI=1S/C18H22N4O/c19-16-3-1-15(2-4-16)18(23)21-17-7-11-22(12-8-17)13-14-5-9-20-10-6-14/h1-6,9-10,17H,7-8,11-13,19H2,(H,21,23). The maximum atomic E-state index is 12.2. The molecule has 1 aromatic carbocycles. The van der Waals surface area contributed by atoms with Gasteiger partial charge in [-0.15, -0.1) is 0 Å². The number of nitrogens with zero attached hydrogens (tertiary/aromatic N) is 2. The van der Waals surface area contributed by atoms with Gasteiger partial charge in [0.25, 0.3) is 5.91 Å². The first-order valence-corrected chi connectivity index (χ1v) is 7.98. The predicted molar refractivity (Wildman–Crippen MR) is 90.9 cm³/mol. The lowest BCUT2D eigenvalue weighted by Gasteiger charge is -2.32. The van der Waals surface area contributed by atoms with Gasteiger partial charge in [0.1, 0.15) is 0 Å². The Balaban J connectivity index is 1.47. The van der Waals surface area contributed by atoms with Gasteiger partial charge < -0.3 is 11.1 Å². The lowest BCUT2D eigenvalue weighted by atomic mass is 10.0. The van der Waals surface area contributed by atoms with Crippen LogP contribution in [0.2, 0.25) is 0 Å². The zero-order valence-corrected chi connectivity index (χ0v) is 13.1. The van der Waals surface area contributed by atoms with Crippen molar-refractivity contribution in [3.05, 3.63) is 59.9 Å². The Kier molecular flexibility index (Phi) is 4.88. The van der Waals surface area contributed by atoms with Gasteiger partial charge in [-0.25, -0.2) is 0 Å². The van der Waals surface area contributed by atoms with Crippen molar-refractivity contribution in [3.63, 3.8) is 0 Å². The largest absolute Gasteiger partial charge is 0.399 e. The first-order valence-electron chi connectivity index (χ1n) is 7.98. The van der Waals surface area contributed by atoms with Crippen molar-refractivity contribution in [2.24, 2.45) is 0 Å². The normalized spacial score (nSPS) is 16.2. The van der Waals surface area contributed by atoms with E-state index in [2.05, 4.69) is 27.3 Å². The van der Waals surface area contributed by atoms with Gasteiger partial charge >= 0.3 is 0 Å². The van der Waals surface area contributed by atoms with Gasteiger partial charge in [-0.05, 0) is 54.8 Å². The van der Waals surface area contributed by atoms with Crippen molar-refractivity contribution >= 4 is 11.6 Å². The summed E-state index contributed by atoms with van der Waals surface area (Å²) in [5.41, 5.74) is 8.27. The van der Waals surface area contributed by atoms with Crippen LogP contribution in [-0.4, -0.2) is 34.9 Å². The van der Waals surface area contributed by atoms with Gasteiger partial charge in [0.15, 0.2) is 0 Å². The summed E-state index contributed by atoms with van der Waals surface area (Å²) in [5, 5.41) is 3.12.